The van der Waals surface area contributed by atoms with Crippen molar-refractivity contribution < 1.29 is 9.53 Å². The van der Waals surface area contributed by atoms with E-state index >= 15 is 0 Å². The van der Waals surface area contributed by atoms with Crippen molar-refractivity contribution in [2.45, 2.75) is 33.1 Å². The summed E-state index contributed by atoms with van der Waals surface area (Å²) < 4.78 is 4.94. The van der Waals surface area contributed by atoms with Crippen molar-refractivity contribution in [2.24, 2.45) is 11.8 Å². The average Bonchev–Trinajstić information content (AvgIpc) is 2.13. The number of hydrogen-bond acceptors (Lipinski definition) is 2. The van der Waals surface area contributed by atoms with E-state index in [1.54, 1.807) is 0 Å². The molecule has 0 N–H and O–H groups in total. The molecule has 1 heterocycles. The van der Waals surface area contributed by atoms with Gasteiger partial charge in [0, 0.05) is 6.42 Å². The summed E-state index contributed by atoms with van der Waals surface area (Å²) in [6.45, 7) is 4.97. The SMILES string of the molecule is CC(C)C1CCCOC(=O)C1. The van der Waals surface area contributed by atoms with Gasteiger partial charge in [-0.1, -0.05) is 13.8 Å². The highest BCUT2D eigenvalue weighted by atomic mass is 16.5. The van der Waals surface area contributed by atoms with E-state index in [-0.39, 0.29) is 5.97 Å². The Hall–Kier alpha value is -0.530. The van der Waals surface area contributed by atoms with Gasteiger partial charge in [-0.25, -0.2) is 0 Å². The number of hydrogen-bond donors (Lipinski definition) is 0. The normalized spacial score (nSPS) is 26.5. The Labute approximate surface area is 67.9 Å². The molecule has 64 valence electrons. The Bertz CT molecular complexity index is 140. The highest BCUT2D eigenvalue weighted by molar-refractivity contribution is 5.69. The van der Waals surface area contributed by atoms with Crippen molar-refractivity contribution in [1.82, 2.24) is 0 Å². The van der Waals surface area contributed by atoms with Crippen LogP contribution in [0.1, 0.15) is 33.1 Å². The lowest BCUT2D eigenvalue weighted by Gasteiger charge is -2.15. The second-order valence-corrected chi connectivity index (χ2v) is 3.57. The third kappa shape index (κ3) is 2.52. The number of ether oxygens (including phenoxy) is 1. The molecule has 1 atom stereocenters. The lowest BCUT2D eigenvalue weighted by molar-refractivity contribution is -0.143. The van der Waals surface area contributed by atoms with Crippen LogP contribution in [0.2, 0.25) is 0 Å². The largest absolute Gasteiger partial charge is 0.466 e. The van der Waals surface area contributed by atoms with E-state index in [4.69, 9.17) is 4.74 Å². The van der Waals surface area contributed by atoms with E-state index < -0.39 is 0 Å². The van der Waals surface area contributed by atoms with Gasteiger partial charge in [0.2, 0.25) is 0 Å². The fourth-order valence-corrected chi connectivity index (χ4v) is 1.48. The summed E-state index contributed by atoms with van der Waals surface area (Å²) in [4.78, 5) is 11.0. The molecule has 2 nitrogen and oxygen atoms in total. The maximum Gasteiger partial charge on any atom is 0.306 e. The van der Waals surface area contributed by atoms with Crippen LogP contribution in [0.4, 0.5) is 0 Å². The molecular weight excluding hydrogens is 140 g/mol. The van der Waals surface area contributed by atoms with E-state index in [0.29, 0.717) is 24.9 Å². The summed E-state index contributed by atoms with van der Waals surface area (Å²) in [7, 11) is 0. The van der Waals surface area contributed by atoms with Gasteiger partial charge in [0.1, 0.15) is 0 Å². The lowest BCUT2D eigenvalue weighted by Crippen LogP contribution is -2.12. The summed E-state index contributed by atoms with van der Waals surface area (Å²) >= 11 is 0. The molecule has 0 saturated carbocycles. The fourth-order valence-electron chi connectivity index (χ4n) is 1.48. The molecular formula is C9H16O2. The molecule has 0 spiro atoms. The third-order valence-electron chi connectivity index (χ3n) is 2.35. The molecule has 0 amide bonds. The highest BCUT2D eigenvalue weighted by Gasteiger charge is 2.20. The van der Waals surface area contributed by atoms with Gasteiger partial charge in [-0.05, 0) is 24.7 Å². The fraction of sp³-hybridized carbons (Fsp3) is 0.889. The van der Waals surface area contributed by atoms with E-state index in [9.17, 15) is 4.79 Å². The first-order valence-corrected chi connectivity index (χ1v) is 4.36. The van der Waals surface area contributed by atoms with Crippen molar-refractivity contribution in [3.63, 3.8) is 0 Å². The zero-order chi connectivity index (χ0) is 8.27. The van der Waals surface area contributed by atoms with Crippen LogP contribution in [-0.2, 0) is 9.53 Å². The van der Waals surface area contributed by atoms with Crippen LogP contribution < -0.4 is 0 Å². The second kappa shape index (κ2) is 3.74. The molecule has 0 radical (unpaired) electrons. The topological polar surface area (TPSA) is 26.3 Å². The first kappa shape index (κ1) is 8.57. The predicted molar refractivity (Wildman–Crippen MR) is 43.1 cm³/mol. The molecule has 1 aliphatic rings. The van der Waals surface area contributed by atoms with Crippen LogP contribution in [0, 0.1) is 11.8 Å². The third-order valence-corrected chi connectivity index (χ3v) is 2.35. The van der Waals surface area contributed by atoms with E-state index in [0.717, 1.165) is 12.8 Å². The van der Waals surface area contributed by atoms with Gasteiger partial charge in [-0.2, -0.15) is 0 Å². The standard InChI is InChI=1S/C9H16O2/c1-7(2)8-4-3-5-11-9(10)6-8/h7-8H,3-6H2,1-2H3. The molecule has 0 bridgehead atoms. The van der Waals surface area contributed by atoms with Gasteiger partial charge < -0.3 is 4.74 Å². The molecule has 2 heteroatoms. The summed E-state index contributed by atoms with van der Waals surface area (Å²) in [5, 5.41) is 0. The molecule has 0 aromatic carbocycles. The lowest BCUT2D eigenvalue weighted by atomic mass is 9.89. The van der Waals surface area contributed by atoms with E-state index in [2.05, 4.69) is 13.8 Å². The molecule has 0 aliphatic carbocycles. The minimum atomic E-state index is -0.0128. The Morgan fingerprint density at radius 2 is 2.27 bits per heavy atom. The summed E-state index contributed by atoms with van der Waals surface area (Å²) in [6, 6.07) is 0. The average molecular weight is 156 g/mol. The Morgan fingerprint density at radius 1 is 1.55 bits per heavy atom. The van der Waals surface area contributed by atoms with Crippen molar-refractivity contribution in [1.29, 1.82) is 0 Å². The van der Waals surface area contributed by atoms with Crippen LogP contribution in [0.3, 0.4) is 0 Å². The zero-order valence-corrected chi connectivity index (χ0v) is 7.30. The molecule has 1 rings (SSSR count). The minimum absolute atomic E-state index is 0.0128. The van der Waals surface area contributed by atoms with Crippen molar-refractivity contribution in [3.05, 3.63) is 0 Å². The monoisotopic (exact) mass is 156 g/mol. The molecule has 1 saturated heterocycles. The van der Waals surface area contributed by atoms with Crippen LogP contribution >= 0.6 is 0 Å². The van der Waals surface area contributed by atoms with Crippen LogP contribution in [-0.4, -0.2) is 12.6 Å². The number of carbonyl (C=O) groups excluding carboxylic acids is 1. The van der Waals surface area contributed by atoms with Crippen molar-refractivity contribution in [3.8, 4) is 0 Å². The Balaban J connectivity index is 2.45. The molecule has 1 unspecified atom stereocenters. The van der Waals surface area contributed by atoms with Gasteiger partial charge in [-0.15, -0.1) is 0 Å². The van der Waals surface area contributed by atoms with Gasteiger partial charge in [0.05, 0.1) is 6.61 Å². The second-order valence-electron chi connectivity index (χ2n) is 3.57. The van der Waals surface area contributed by atoms with Gasteiger partial charge in [-0.3, -0.25) is 4.79 Å². The van der Waals surface area contributed by atoms with Gasteiger partial charge in [0.15, 0.2) is 0 Å². The van der Waals surface area contributed by atoms with Crippen LogP contribution in [0.5, 0.6) is 0 Å². The minimum Gasteiger partial charge on any atom is -0.466 e. The van der Waals surface area contributed by atoms with E-state index in [1.165, 1.54) is 0 Å². The molecule has 1 aliphatic heterocycles. The zero-order valence-electron chi connectivity index (χ0n) is 7.30. The molecule has 11 heavy (non-hydrogen) atoms. The van der Waals surface area contributed by atoms with Gasteiger partial charge >= 0.3 is 5.97 Å². The number of cyclic esters (lactones) is 1. The maximum absolute atomic E-state index is 11.0. The first-order chi connectivity index (χ1) is 5.20. The van der Waals surface area contributed by atoms with Crippen LogP contribution in [0.25, 0.3) is 0 Å². The smallest absolute Gasteiger partial charge is 0.306 e. The summed E-state index contributed by atoms with van der Waals surface area (Å²) in [5.41, 5.74) is 0. The Morgan fingerprint density at radius 3 is 2.91 bits per heavy atom. The number of rotatable bonds is 1. The quantitative estimate of drug-likeness (QED) is 0.543. The number of esters is 1. The van der Waals surface area contributed by atoms with E-state index in [1.807, 2.05) is 0 Å². The predicted octanol–water partition coefficient (Wildman–Crippen LogP) is 1.99. The summed E-state index contributed by atoms with van der Waals surface area (Å²) in [6.07, 6.45) is 2.80. The van der Waals surface area contributed by atoms with Crippen molar-refractivity contribution >= 4 is 5.97 Å². The molecule has 0 aromatic rings. The van der Waals surface area contributed by atoms with Gasteiger partial charge in [0.25, 0.3) is 0 Å². The molecule has 1 fully saturated rings. The Kier molecular flexibility index (Phi) is 2.92. The van der Waals surface area contributed by atoms with Crippen molar-refractivity contribution in [2.75, 3.05) is 6.61 Å². The molecule has 0 aromatic heterocycles. The highest BCUT2D eigenvalue weighted by Crippen LogP contribution is 2.23. The maximum atomic E-state index is 11.0. The number of carbonyl (C=O) groups is 1. The first-order valence-electron chi connectivity index (χ1n) is 4.36. The van der Waals surface area contributed by atoms with Crippen LogP contribution in [0.15, 0.2) is 0 Å². The summed E-state index contributed by atoms with van der Waals surface area (Å²) in [5.74, 6) is 1.15.